The first kappa shape index (κ1) is 10.7. The molecular formula is C11H9ClN2O2. The van der Waals surface area contributed by atoms with Gasteiger partial charge >= 0.3 is 0 Å². The molecule has 0 amide bonds. The lowest BCUT2D eigenvalue weighted by Crippen LogP contribution is -1.98. The number of benzene rings is 1. The molecule has 2 aromatic rings. The Morgan fingerprint density at radius 2 is 2.25 bits per heavy atom. The van der Waals surface area contributed by atoms with Gasteiger partial charge in [0.1, 0.15) is 5.52 Å². The van der Waals surface area contributed by atoms with Crippen molar-refractivity contribution < 1.29 is 4.92 Å². The van der Waals surface area contributed by atoms with E-state index in [0.717, 1.165) is 5.39 Å². The molecule has 0 bridgehead atoms. The van der Waals surface area contributed by atoms with Gasteiger partial charge in [-0.15, -0.1) is 0 Å². The first-order chi connectivity index (χ1) is 7.59. The molecule has 1 aromatic carbocycles. The molecule has 0 atom stereocenters. The lowest BCUT2D eigenvalue weighted by molar-refractivity contribution is -0.383. The van der Waals surface area contributed by atoms with Crippen molar-refractivity contribution in [1.82, 2.24) is 4.57 Å². The van der Waals surface area contributed by atoms with Gasteiger partial charge in [0.15, 0.2) is 0 Å². The van der Waals surface area contributed by atoms with Gasteiger partial charge in [-0.1, -0.05) is 30.3 Å². The van der Waals surface area contributed by atoms with Gasteiger partial charge < -0.3 is 4.57 Å². The van der Waals surface area contributed by atoms with Crippen LogP contribution in [0.15, 0.2) is 42.1 Å². The molecule has 0 radical (unpaired) electrons. The van der Waals surface area contributed by atoms with E-state index in [9.17, 15) is 10.1 Å². The fourth-order valence-electron chi connectivity index (χ4n) is 1.70. The molecule has 2 rings (SSSR count). The van der Waals surface area contributed by atoms with Crippen molar-refractivity contribution in [2.75, 3.05) is 0 Å². The molecule has 0 saturated carbocycles. The lowest BCUT2D eigenvalue weighted by atomic mass is 10.2. The van der Waals surface area contributed by atoms with Crippen molar-refractivity contribution in [2.45, 2.75) is 6.54 Å². The quantitative estimate of drug-likeness (QED) is 0.606. The third-order valence-corrected chi connectivity index (χ3v) is 2.43. The van der Waals surface area contributed by atoms with Gasteiger partial charge in [-0.2, -0.15) is 0 Å². The third-order valence-electron chi connectivity index (χ3n) is 2.31. The number of fused-ring (bicyclic) bond motifs is 1. The largest absolute Gasteiger partial charge is 0.337 e. The molecule has 0 aliphatic carbocycles. The molecule has 5 heteroatoms. The smallest absolute Gasteiger partial charge is 0.293 e. The summed E-state index contributed by atoms with van der Waals surface area (Å²) in [5.74, 6) is 0. The standard InChI is InChI=1S/C11H9ClN2O2/c1-8(12)7-13-6-5-9-3-2-4-10(11(9)13)14(15)16/h2-6H,1,7H2. The van der Waals surface area contributed by atoms with Crippen LogP contribution < -0.4 is 0 Å². The summed E-state index contributed by atoms with van der Waals surface area (Å²) >= 11 is 5.72. The van der Waals surface area contributed by atoms with E-state index in [1.165, 1.54) is 6.07 Å². The van der Waals surface area contributed by atoms with Crippen molar-refractivity contribution in [2.24, 2.45) is 0 Å². The zero-order valence-electron chi connectivity index (χ0n) is 8.39. The zero-order valence-corrected chi connectivity index (χ0v) is 9.15. The maximum atomic E-state index is 10.9. The van der Waals surface area contributed by atoms with Crippen molar-refractivity contribution in [3.8, 4) is 0 Å². The fourth-order valence-corrected chi connectivity index (χ4v) is 1.83. The SMILES string of the molecule is C=C(Cl)Cn1ccc2cccc([N+](=O)[O-])c21. The molecule has 1 aromatic heterocycles. The summed E-state index contributed by atoms with van der Waals surface area (Å²) in [5.41, 5.74) is 0.662. The molecule has 1 heterocycles. The highest BCUT2D eigenvalue weighted by molar-refractivity contribution is 6.29. The minimum atomic E-state index is -0.393. The van der Waals surface area contributed by atoms with E-state index in [0.29, 0.717) is 17.1 Å². The minimum absolute atomic E-state index is 0.0837. The number of non-ortho nitro benzene ring substituents is 1. The lowest BCUT2D eigenvalue weighted by Gasteiger charge is -2.03. The number of nitrogens with zero attached hydrogens (tertiary/aromatic N) is 2. The topological polar surface area (TPSA) is 48.1 Å². The summed E-state index contributed by atoms with van der Waals surface area (Å²) in [7, 11) is 0. The van der Waals surface area contributed by atoms with Crippen molar-refractivity contribution in [3.63, 3.8) is 0 Å². The highest BCUT2D eigenvalue weighted by atomic mass is 35.5. The summed E-state index contributed by atoms with van der Waals surface area (Å²) in [6.45, 7) is 3.96. The highest BCUT2D eigenvalue weighted by Crippen LogP contribution is 2.27. The summed E-state index contributed by atoms with van der Waals surface area (Å²) < 4.78 is 1.72. The van der Waals surface area contributed by atoms with Crippen molar-refractivity contribution in [3.05, 3.63) is 52.2 Å². The van der Waals surface area contributed by atoms with Crippen LogP contribution in [0.25, 0.3) is 10.9 Å². The molecule has 4 nitrogen and oxygen atoms in total. The van der Waals surface area contributed by atoms with Crippen LogP contribution >= 0.6 is 11.6 Å². The Bertz CT molecular complexity index is 574. The van der Waals surface area contributed by atoms with Crippen LogP contribution in [0.4, 0.5) is 5.69 Å². The van der Waals surface area contributed by atoms with E-state index < -0.39 is 4.92 Å². The predicted molar refractivity (Wildman–Crippen MR) is 63.6 cm³/mol. The fraction of sp³-hybridized carbons (Fsp3) is 0.0909. The highest BCUT2D eigenvalue weighted by Gasteiger charge is 2.15. The second-order valence-corrected chi connectivity index (χ2v) is 3.97. The number of nitro groups is 1. The summed E-state index contributed by atoms with van der Waals surface area (Å²) in [5, 5.41) is 12.2. The number of hydrogen-bond donors (Lipinski definition) is 0. The van der Waals surface area contributed by atoms with E-state index >= 15 is 0 Å². The van der Waals surface area contributed by atoms with E-state index in [4.69, 9.17) is 11.6 Å². The Morgan fingerprint density at radius 1 is 1.50 bits per heavy atom. The number of para-hydroxylation sites is 1. The van der Waals surface area contributed by atoms with E-state index in [2.05, 4.69) is 6.58 Å². The van der Waals surface area contributed by atoms with Gasteiger partial charge in [0, 0.05) is 22.7 Å². The van der Waals surface area contributed by atoms with Crippen LogP contribution in [0.1, 0.15) is 0 Å². The number of nitro benzene ring substituents is 1. The zero-order chi connectivity index (χ0) is 11.7. The average Bonchev–Trinajstić information content (AvgIpc) is 2.60. The van der Waals surface area contributed by atoms with E-state index in [-0.39, 0.29) is 5.69 Å². The van der Waals surface area contributed by atoms with Gasteiger partial charge in [0.05, 0.1) is 11.5 Å². The maximum absolute atomic E-state index is 10.9. The first-order valence-corrected chi connectivity index (χ1v) is 5.03. The normalized spacial score (nSPS) is 10.6. The summed E-state index contributed by atoms with van der Waals surface area (Å²) in [4.78, 5) is 10.5. The molecule has 82 valence electrons. The maximum Gasteiger partial charge on any atom is 0.293 e. The van der Waals surface area contributed by atoms with Gasteiger partial charge in [0.25, 0.3) is 5.69 Å². The summed E-state index contributed by atoms with van der Waals surface area (Å²) in [6.07, 6.45) is 1.77. The van der Waals surface area contributed by atoms with Gasteiger partial charge in [-0.05, 0) is 6.07 Å². The number of halogens is 1. The molecule has 0 aliphatic rings. The predicted octanol–water partition coefficient (Wildman–Crippen LogP) is 3.30. The number of hydrogen-bond acceptors (Lipinski definition) is 2. The molecule has 0 saturated heterocycles. The molecule has 0 aliphatic heterocycles. The monoisotopic (exact) mass is 236 g/mol. The number of rotatable bonds is 3. The minimum Gasteiger partial charge on any atom is -0.337 e. The van der Waals surface area contributed by atoms with Crippen LogP contribution in [-0.2, 0) is 6.54 Å². The molecule has 0 fully saturated rings. The van der Waals surface area contributed by atoms with Gasteiger partial charge in [-0.3, -0.25) is 10.1 Å². The Morgan fingerprint density at radius 3 is 2.88 bits per heavy atom. The van der Waals surface area contributed by atoms with Crippen molar-refractivity contribution >= 4 is 28.2 Å². The third kappa shape index (κ3) is 1.79. The second kappa shape index (κ2) is 3.98. The Kier molecular flexibility index (Phi) is 2.66. The van der Waals surface area contributed by atoms with Crippen LogP contribution in [0.3, 0.4) is 0 Å². The van der Waals surface area contributed by atoms with Crippen molar-refractivity contribution in [1.29, 1.82) is 0 Å². The Labute approximate surface area is 96.9 Å². The van der Waals surface area contributed by atoms with Crippen LogP contribution in [-0.4, -0.2) is 9.49 Å². The second-order valence-electron chi connectivity index (χ2n) is 3.43. The number of allylic oxidation sites excluding steroid dienone is 1. The molecule has 0 unspecified atom stereocenters. The van der Waals surface area contributed by atoms with Gasteiger partial charge in [0.2, 0.25) is 0 Å². The van der Waals surface area contributed by atoms with Crippen LogP contribution in [0.5, 0.6) is 0 Å². The van der Waals surface area contributed by atoms with E-state index in [1.54, 1.807) is 16.8 Å². The Balaban J connectivity index is 2.67. The molecular weight excluding hydrogens is 228 g/mol. The summed E-state index contributed by atoms with van der Waals surface area (Å²) in [6, 6.07) is 6.80. The molecule has 16 heavy (non-hydrogen) atoms. The molecule has 0 N–H and O–H groups in total. The van der Waals surface area contributed by atoms with Crippen LogP contribution in [0, 0.1) is 10.1 Å². The first-order valence-electron chi connectivity index (χ1n) is 4.65. The Hall–Kier alpha value is -1.81. The van der Waals surface area contributed by atoms with E-state index in [1.807, 2.05) is 12.1 Å². The number of aromatic nitrogens is 1. The average molecular weight is 237 g/mol. The van der Waals surface area contributed by atoms with Gasteiger partial charge in [-0.25, -0.2) is 0 Å². The molecule has 0 spiro atoms. The van der Waals surface area contributed by atoms with Crippen LogP contribution in [0.2, 0.25) is 0 Å².